The third-order valence-corrected chi connectivity index (χ3v) is 2.51. The molecule has 1 aromatic carbocycles. The number of carbonyl (C=O) groups is 1. The lowest BCUT2D eigenvalue weighted by Gasteiger charge is -2.07. The molecular formula is C12H16ClNO3. The van der Waals surface area contributed by atoms with Gasteiger partial charge in [0.1, 0.15) is 11.5 Å². The highest BCUT2D eigenvalue weighted by Gasteiger charge is 2.11. The monoisotopic (exact) mass is 257 g/mol. The Hall–Kier alpha value is -1.42. The first kappa shape index (κ1) is 13.6. The van der Waals surface area contributed by atoms with E-state index in [4.69, 9.17) is 11.6 Å². The standard InChI is InChI=1S/C12H16ClNO3/c1-8(13)3-2-6-14-12(17)10-7-9(15)4-5-11(10)16/h4-5,7-8,15-16H,2-3,6H2,1H3,(H,14,17). The Morgan fingerprint density at radius 3 is 2.82 bits per heavy atom. The highest BCUT2D eigenvalue weighted by atomic mass is 35.5. The van der Waals surface area contributed by atoms with E-state index in [1.54, 1.807) is 0 Å². The van der Waals surface area contributed by atoms with Crippen molar-refractivity contribution in [2.75, 3.05) is 6.54 Å². The molecule has 0 bridgehead atoms. The predicted octanol–water partition coefficient (Wildman–Crippen LogP) is 2.24. The highest BCUT2D eigenvalue weighted by Crippen LogP contribution is 2.21. The van der Waals surface area contributed by atoms with Gasteiger partial charge in [0.05, 0.1) is 5.56 Å². The number of nitrogens with one attached hydrogen (secondary N) is 1. The Morgan fingerprint density at radius 1 is 1.47 bits per heavy atom. The Morgan fingerprint density at radius 2 is 2.18 bits per heavy atom. The minimum atomic E-state index is -0.402. The van der Waals surface area contributed by atoms with Gasteiger partial charge in [-0.1, -0.05) is 0 Å². The molecule has 0 aliphatic heterocycles. The quantitative estimate of drug-likeness (QED) is 0.430. The maximum absolute atomic E-state index is 11.6. The summed E-state index contributed by atoms with van der Waals surface area (Å²) in [6, 6.07) is 3.83. The average Bonchev–Trinajstić information content (AvgIpc) is 2.27. The van der Waals surface area contributed by atoms with Crippen molar-refractivity contribution in [2.24, 2.45) is 0 Å². The lowest BCUT2D eigenvalue weighted by atomic mass is 10.1. The van der Waals surface area contributed by atoms with Crippen LogP contribution in [0.15, 0.2) is 18.2 Å². The van der Waals surface area contributed by atoms with Crippen molar-refractivity contribution in [1.82, 2.24) is 5.32 Å². The van der Waals surface area contributed by atoms with E-state index in [1.165, 1.54) is 18.2 Å². The Bertz CT molecular complexity index is 393. The van der Waals surface area contributed by atoms with Crippen LogP contribution in [0, 0.1) is 0 Å². The molecule has 0 saturated heterocycles. The van der Waals surface area contributed by atoms with Crippen molar-refractivity contribution >= 4 is 17.5 Å². The van der Waals surface area contributed by atoms with E-state index in [2.05, 4.69) is 5.32 Å². The molecule has 0 radical (unpaired) electrons. The molecule has 0 saturated carbocycles. The Balaban J connectivity index is 2.49. The number of alkyl halides is 1. The van der Waals surface area contributed by atoms with Crippen LogP contribution in [0.2, 0.25) is 0 Å². The summed E-state index contributed by atoms with van der Waals surface area (Å²) in [7, 11) is 0. The van der Waals surface area contributed by atoms with Gasteiger partial charge in [-0.25, -0.2) is 0 Å². The van der Waals surface area contributed by atoms with Gasteiger partial charge >= 0.3 is 0 Å². The summed E-state index contributed by atoms with van der Waals surface area (Å²) in [5.41, 5.74) is 0.0731. The van der Waals surface area contributed by atoms with Crippen molar-refractivity contribution in [2.45, 2.75) is 25.1 Å². The molecule has 1 amide bonds. The minimum absolute atomic E-state index is 0.0534. The number of hydrogen-bond donors (Lipinski definition) is 3. The third kappa shape index (κ3) is 4.53. The van der Waals surface area contributed by atoms with E-state index < -0.39 is 5.91 Å². The van der Waals surface area contributed by atoms with Crippen molar-refractivity contribution in [3.8, 4) is 11.5 Å². The van der Waals surface area contributed by atoms with E-state index in [-0.39, 0.29) is 22.4 Å². The van der Waals surface area contributed by atoms with Crippen LogP contribution in [-0.2, 0) is 0 Å². The van der Waals surface area contributed by atoms with Gasteiger partial charge in [-0.3, -0.25) is 4.79 Å². The highest BCUT2D eigenvalue weighted by molar-refractivity contribution is 6.20. The Kier molecular flexibility index (Phi) is 5.10. The molecule has 3 N–H and O–H groups in total. The van der Waals surface area contributed by atoms with E-state index in [0.717, 1.165) is 12.8 Å². The summed E-state index contributed by atoms with van der Waals surface area (Å²) < 4.78 is 0. The zero-order valence-corrected chi connectivity index (χ0v) is 10.4. The first-order valence-corrected chi connectivity index (χ1v) is 5.88. The Labute approximate surface area is 105 Å². The number of carbonyl (C=O) groups excluding carboxylic acids is 1. The van der Waals surface area contributed by atoms with Gasteiger partial charge in [-0.15, -0.1) is 11.6 Å². The number of rotatable bonds is 5. The van der Waals surface area contributed by atoms with Crippen LogP contribution in [0.25, 0.3) is 0 Å². The van der Waals surface area contributed by atoms with Crippen molar-refractivity contribution < 1.29 is 15.0 Å². The van der Waals surface area contributed by atoms with Crippen molar-refractivity contribution in [3.63, 3.8) is 0 Å². The summed E-state index contributed by atoms with van der Waals surface area (Å²) >= 11 is 5.77. The number of benzene rings is 1. The van der Waals surface area contributed by atoms with Crippen LogP contribution >= 0.6 is 11.6 Å². The van der Waals surface area contributed by atoms with E-state index in [0.29, 0.717) is 6.54 Å². The summed E-state index contributed by atoms with van der Waals surface area (Å²) in [5.74, 6) is -0.603. The van der Waals surface area contributed by atoms with Gasteiger partial charge in [0.2, 0.25) is 0 Å². The zero-order chi connectivity index (χ0) is 12.8. The zero-order valence-electron chi connectivity index (χ0n) is 9.61. The fourth-order valence-electron chi connectivity index (χ4n) is 1.39. The van der Waals surface area contributed by atoms with Gasteiger partial charge in [0.15, 0.2) is 0 Å². The lowest BCUT2D eigenvalue weighted by molar-refractivity contribution is 0.0950. The van der Waals surface area contributed by atoms with Crippen LogP contribution in [0.4, 0.5) is 0 Å². The molecule has 5 heteroatoms. The summed E-state index contributed by atoms with van der Waals surface area (Å²) in [6.07, 6.45) is 1.59. The number of halogens is 1. The largest absolute Gasteiger partial charge is 0.508 e. The van der Waals surface area contributed by atoms with Gasteiger partial charge in [0, 0.05) is 11.9 Å². The van der Waals surface area contributed by atoms with E-state index in [1.807, 2.05) is 6.92 Å². The summed E-state index contributed by atoms with van der Waals surface area (Å²) in [6.45, 7) is 2.38. The first-order valence-electron chi connectivity index (χ1n) is 5.45. The van der Waals surface area contributed by atoms with Gasteiger partial charge in [-0.05, 0) is 38.0 Å². The van der Waals surface area contributed by atoms with Crippen LogP contribution in [-0.4, -0.2) is 28.0 Å². The second-order valence-electron chi connectivity index (χ2n) is 3.88. The van der Waals surface area contributed by atoms with Crippen LogP contribution in [0.3, 0.4) is 0 Å². The van der Waals surface area contributed by atoms with Crippen LogP contribution in [0.1, 0.15) is 30.1 Å². The molecule has 1 unspecified atom stereocenters. The number of phenols is 2. The molecule has 0 aliphatic rings. The second-order valence-corrected chi connectivity index (χ2v) is 4.63. The second kappa shape index (κ2) is 6.35. The predicted molar refractivity (Wildman–Crippen MR) is 66.7 cm³/mol. The topological polar surface area (TPSA) is 69.6 Å². The summed E-state index contributed by atoms with van der Waals surface area (Å²) in [5, 5.41) is 21.4. The van der Waals surface area contributed by atoms with E-state index in [9.17, 15) is 15.0 Å². The van der Waals surface area contributed by atoms with Crippen molar-refractivity contribution in [1.29, 1.82) is 0 Å². The molecule has 1 rings (SSSR count). The minimum Gasteiger partial charge on any atom is -0.508 e. The van der Waals surface area contributed by atoms with Gasteiger partial charge in [-0.2, -0.15) is 0 Å². The number of amides is 1. The molecule has 1 atom stereocenters. The number of aromatic hydroxyl groups is 2. The fraction of sp³-hybridized carbons (Fsp3) is 0.417. The smallest absolute Gasteiger partial charge is 0.255 e. The molecule has 0 aromatic heterocycles. The van der Waals surface area contributed by atoms with Crippen LogP contribution in [0.5, 0.6) is 11.5 Å². The molecular weight excluding hydrogens is 242 g/mol. The molecule has 1 aromatic rings. The van der Waals surface area contributed by atoms with Crippen molar-refractivity contribution in [3.05, 3.63) is 23.8 Å². The van der Waals surface area contributed by atoms with E-state index >= 15 is 0 Å². The molecule has 4 nitrogen and oxygen atoms in total. The maximum atomic E-state index is 11.6. The molecule has 94 valence electrons. The molecule has 0 spiro atoms. The average molecular weight is 258 g/mol. The molecule has 0 aliphatic carbocycles. The normalized spacial score (nSPS) is 12.1. The lowest BCUT2D eigenvalue weighted by Crippen LogP contribution is -2.24. The maximum Gasteiger partial charge on any atom is 0.255 e. The summed E-state index contributed by atoms with van der Waals surface area (Å²) in [4.78, 5) is 11.6. The SMILES string of the molecule is CC(Cl)CCCNC(=O)c1cc(O)ccc1O. The third-order valence-electron chi connectivity index (χ3n) is 2.29. The molecule has 0 fully saturated rings. The van der Waals surface area contributed by atoms with Gasteiger partial charge < -0.3 is 15.5 Å². The molecule has 0 heterocycles. The number of hydrogen-bond acceptors (Lipinski definition) is 3. The first-order chi connectivity index (χ1) is 8.00. The van der Waals surface area contributed by atoms with Crippen LogP contribution < -0.4 is 5.32 Å². The molecule has 17 heavy (non-hydrogen) atoms. The number of phenolic OH excluding ortho intramolecular Hbond substituents is 2. The van der Waals surface area contributed by atoms with Gasteiger partial charge in [0.25, 0.3) is 5.91 Å². The fourth-order valence-corrected chi connectivity index (χ4v) is 1.54.